The van der Waals surface area contributed by atoms with Gasteiger partial charge >= 0.3 is 0 Å². The zero-order valence-electron chi connectivity index (χ0n) is 14.4. The molecular weight excluding hydrogens is 392 g/mol. The first-order valence-electron chi connectivity index (χ1n) is 8.32. The highest BCUT2D eigenvalue weighted by atomic mass is 35.5. The topological polar surface area (TPSA) is 95.9 Å². The Balaban J connectivity index is 1.78. The summed E-state index contributed by atoms with van der Waals surface area (Å²) in [7, 11) is -3.67. The molecule has 144 valence electrons. The lowest BCUT2D eigenvalue weighted by Gasteiger charge is -2.27. The third-order valence-electron chi connectivity index (χ3n) is 4.21. The average molecular weight is 411 g/mol. The lowest BCUT2D eigenvalue weighted by Crippen LogP contribution is -2.41. The molecule has 27 heavy (non-hydrogen) atoms. The van der Waals surface area contributed by atoms with Gasteiger partial charge < -0.3 is 15.2 Å². The Morgan fingerprint density at radius 1 is 1.19 bits per heavy atom. The minimum atomic E-state index is -3.67. The molecule has 0 aliphatic carbocycles. The molecule has 2 aromatic carbocycles. The van der Waals surface area contributed by atoms with E-state index in [-0.39, 0.29) is 27.8 Å². The first-order valence-corrected chi connectivity index (χ1v) is 10.1. The summed E-state index contributed by atoms with van der Waals surface area (Å²) in [6, 6.07) is 10.7. The summed E-state index contributed by atoms with van der Waals surface area (Å²) in [5, 5.41) is 12.2. The van der Waals surface area contributed by atoms with E-state index in [4.69, 9.17) is 16.3 Å². The number of nitrogens with one attached hydrogen (secondary N) is 1. The quantitative estimate of drug-likeness (QED) is 0.785. The Bertz CT molecular complexity index is 943. The lowest BCUT2D eigenvalue weighted by molar-refractivity contribution is 0.0730. The van der Waals surface area contributed by atoms with Gasteiger partial charge in [0.2, 0.25) is 10.0 Å². The molecule has 1 fully saturated rings. The van der Waals surface area contributed by atoms with Crippen LogP contribution in [0.4, 0.5) is 0 Å². The monoisotopic (exact) mass is 410 g/mol. The fourth-order valence-corrected chi connectivity index (χ4v) is 4.56. The number of phenols is 1. The number of carbonyl (C=O) groups is 1. The van der Waals surface area contributed by atoms with Crippen molar-refractivity contribution in [1.29, 1.82) is 0 Å². The van der Waals surface area contributed by atoms with E-state index in [9.17, 15) is 18.3 Å². The maximum atomic E-state index is 12.9. The molecule has 0 saturated carbocycles. The third kappa shape index (κ3) is 4.41. The van der Waals surface area contributed by atoms with E-state index < -0.39 is 15.9 Å². The maximum absolute atomic E-state index is 12.9. The summed E-state index contributed by atoms with van der Waals surface area (Å²) < 4.78 is 32.4. The molecule has 2 aromatic rings. The van der Waals surface area contributed by atoms with Crippen molar-refractivity contribution in [3.8, 4) is 5.75 Å². The molecule has 7 nitrogen and oxygen atoms in total. The SMILES string of the molecule is O=C(NCc1ccccc1S(=O)(=O)N1CCOCC1)c1ccc(O)c(Cl)c1. The number of amides is 1. The molecule has 0 bridgehead atoms. The second-order valence-electron chi connectivity index (χ2n) is 5.97. The van der Waals surface area contributed by atoms with Crippen molar-refractivity contribution in [3.63, 3.8) is 0 Å². The molecule has 1 aliphatic heterocycles. The van der Waals surface area contributed by atoms with Gasteiger partial charge in [-0.2, -0.15) is 4.31 Å². The minimum absolute atomic E-state index is 0.0388. The second-order valence-corrected chi connectivity index (χ2v) is 8.29. The minimum Gasteiger partial charge on any atom is -0.506 e. The average Bonchev–Trinajstić information content (AvgIpc) is 2.69. The summed E-state index contributed by atoms with van der Waals surface area (Å²) in [6.45, 7) is 1.36. The molecule has 3 rings (SSSR count). The van der Waals surface area contributed by atoms with Gasteiger partial charge in [-0.15, -0.1) is 0 Å². The number of aromatic hydroxyl groups is 1. The number of halogens is 1. The third-order valence-corrected chi connectivity index (χ3v) is 6.51. The molecule has 1 heterocycles. The Morgan fingerprint density at radius 2 is 1.89 bits per heavy atom. The van der Waals surface area contributed by atoms with Gasteiger partial charge in [0.05, 0.1) is 23.1 Å². The molecule has 0 unspecified atom stereocenters. The highest BCUT2D eigenvalue weighted by Crippen LogP contribution is 2.24. The lowest BCUT2D eigenvalue weighted by atomic mass is 10.2. The van der Waals surface area contributed by atoms with Gasteiger partial charge in [-0.05, 0) is 29.8 Å². The molecule has 9 heteroatoms. The molecular formula is C18H19ClN2O5S. The molecule has 0 aromatic heterocycles. The Hall–Kier alpha value is -2.13. The van der Waals surface area contributed by atoms with Crippen LogP contribution in [0.15, 0.2) is 47.4 Å². The van der Waals surface area contributed by atoms with Crippen molar-refractivity contribution in [2.45, 2.75) is 11.4 Å². The number of nitrogens with zero attached hydrogens (tertiary/aromatic N) is 1. The molecule has 0 atom stereocenters. The van der Waals surface area contributed by atoms with Gasteiger partial charge in [0, 0.05) is 25.2 Å². The van der Waals surface area contributed by atoms with Gasteiger partial charge in [0.15, 0.2) is 0 Å². The summed E-state index contributed by atoms with van der Waals surface area (Å²) in [4.78, 5) is 12.5. The predicted molar refractivity (Wildman–Crippen MR) is 100 cm³/mol. The van der Waals surface area contributed by atoms with Crippen LogP contribution in [-0.4, -0.2) is 50.0 Å². The number of rotatable bonds is 5. The number of phenolic OH excluding ortho intramolecular Hbond substituents is 1. The van der Waals surface area contributed by atoms with E-state index >= 15 is 0 Å². The Labute approximate surface area is 162 Å². The van der Waals surface area contributed by atoms with E-state index in [2.05, 4.69) is 5.32 Å². The Morgan fingerprint density at radius 3 is 2.59 bits per heavy atom. The Kier molecular flexibility index (Phi) is 6.01. The van der Waals surface area contributed by atoms with E-state index in [1.54, 1.807) is 18.2 Å². The fourth-order valence-electron chi connectivity index (χ4n) is 2.75. The molecule has 0 spiro atoms. The van der Waals surface area contributed by atoms with Crippen molar-refractivity contribution in [2.24, 2.45) is 0 Å². The summed E-state index contributed by atoms with van der Waals surface area (Å²) in [6.07, 6.45) is 0. The van der Waals surface area contributed by atoms with Crippen LogP contribution >= 0.6 is 11.6 Å². The zero-order valence-corrected chi connectivity index (χ0v) is 16.0. The van der Waals surface area contributed by atoms with Crippen LogP contribution in [0, 0.1) is 0 Å². The zero-order chi connectivity index (χ0) is 19.4. The number of benzene rings is 2. The highest BCUT2D eigenvalue weighted by Gasteiger charge is 2.28. The number of hydrogen-bond donors (Lipinski definition) is 2. The predicted octanol–water partition coefficient (Wildman–Crippen LogP) is 2.00. The second kappa shape index (κ2) is 8.26. The fraction of sp³-hybridized carbons (Fsp3) is 0.278. The normalized spacial score (nSPS) is 15.4. The first kappa shape index (κ1) is 19.6. The van der Waals surface area contributed by atoms with Crippen LogP contribution in [0.25, 0.3) is 0 Å². The number of carbonyl (C=O) groups excluding carboxylic acids is 1. The number of ether oxygens (including phenoxy) is 1. The van der Waals surface area contributed by atoms with Crippen LogP contribution in [0.1, 0.15) is 15.9 Å². The van der Waals surface area contributed by atoms with Crippen LogP contribution < -0.4 is 5.32 Å². The van der Waals surface area contributed by atoms with Gasteiger partial charge in [0.25, 0.3) is 5.91 Å². The molecule has 2 N–H and O–H groups in total. The number of morpholine rings is 1. The first-order chi connectivity index (χ1) is 12.9. The van der Waals surface area contributed by atoms with Crippen molar-refractivity contribution in [3.05, 3.63) is 58.6 Å². The van der Waals surface area contributed by atoms with E-state index in [0.29, 0.717) is 31.9 Å². The van der Waals surface area contributed by atoms with Crippen molar-refractivity contribution in [1.82, 2.24) is 9.62 Å². The molecule has 1 aliphatic rings. The number of hydrogen-bond acceptors (Lipinski definition) is 5. The molecule has 1 amide bonds. The summed E-state index contributed by atoms with van der Waals surface area (Å²) in [5.74, 6) is -0.536. The van der Waals surface area contributed by atoms with Crippen molar-refractivity contribution in [2.75, 3.05) is 26.3 Å². The largest absolute Gasteiger partial charge is 0.506 e. The standard InChI is InChI=1S/C18H19ClN2O5S/c19-15-11-13(5-6-16(15)22)18(23)20-12-14-3-1-2-4-17(14)27(24,25)21-7-9-26-10-8-21/h1-6,11,22H,7-10,12H2,(H,20,23). The molecule has 0 radical (unpaired) electrons. The summed E-state index contributed by atoms with van der Waals surface area (Å²) in [5.41, 5.74) is 0.758. The van der Waals surface area contributed by atoms with E-state index in [0.717, 1.165) is 0 Å². The van der Waals surface area contributed by atoms with Gasteiger partial charge in [-0.3, -0.25) is 4.79 Å². The van der Waals surface area contributed by atoms with Crippen LogP contribution in [-0.2, 0) is 21.3 Å². The van der Waals surface area contributed by atoms with Crippen LogP contribution in [0.3, 0.4) is 0 Å². The van der Waals surface area contributed by atoms with Crippen molar-refractivity contribution >= 4 is 27.5 Å². The van der Waals surface area contributed by atoms with Crippen LogP contribution in [0.5, 0.6) is 5.75 Å². The van der Waals surface area contributed by atoms with Gasteiger partial charge in [-0.25, -0.2) is 8.42 Å². The highest BCUT2D eigenvalue weighted by molar-refractivity contribution is 7.89. The van der Waals surface area contributed by atoms with E-state index in [1.165, 1.54) is 28.6 Å². The van der Waals surface area contributed by atoms with Gasteiger partial charge in [-0.1, -0.05) is 29.8 Å². The van der Waals surface area contributed by atoms with Crippen molar-refractivity contribution < 1.29 is 23.1 Å². The van der Waals surface area contributed by atoms with Gasteiger partial charge in [0.1, 0.15) is 5.75 Å². The molecule has 1 saturated heterocycles. The maximum Gasteiger partial charge on any atom is 0.251 e. The summed E-state index contributed by atoms with van der Waals surface area (Å²) >= 11 is 5.82. The smallest absolute Gasteiger partial charge is 0.251 e. The van der Waals surface area contributed by atoms with Crippen LogP contribution in [0.2, 0.25) is 5.02 Å². The van der Waals surface area contributed by atoms with E-state index in [1.807, 2.05) is 0 Å². The number of sulfonamides is 1.